The maximum atomic E-state index is 13.0. The third-order valence-corrected chi connectivity index (χ3v) is 5.08. The second-order valence-corrected chi connectivity index (χ2v) is 8.94. The van der Waals surface area contributed by atoms with Crippen molar-refractivity contribution in [1.29, 1.82) is 0 Å². The third-order valence-electron chi connectivity index (χ3n) is 5.08. The zero-order valence-electron chi connectivity index (χ0n) is 17.9. The molecule has 1 fully saturated rings. The average Bonchev–Trinajstić information content (AvgIpc) is 2.63. The predicted octanol–water partition coefficient (Wildman–Crippen LogP) is 3.12. The van der Waals surface area contributed by atoms with E-state index in [2.05, 4.69) is 0 Å². The molecule has 0 unspecified atom stereocenters. The van der Waals surface area contributed by atoms with Crippen molar-refractivity contribution in [2.75, 3.05) is 13.2 Å². The molecule has 6 heteroatoms. The number of carbonyl (C=O) groups is 3. The molecule has 0 bridgehead atoms. The van der Waals surface area contributed by atoms with Crippen molar-refractivity contribution in [3.8, 4) is 0 Å². The normalized spacial score (nSPS) is 27.2. The van der Waals surface area contributed by atoms with Gasteiger partial charge in [0, 0.05) is 12.3 Å². The summed E-state index contributed by atoms with van der Waals surface area (Å²) in [5.41, 5.74) is -1.00. The zero-order valence-corrected chi connectivity index (χ0v) is 17.9. The summed E-state index contributed by atoms with van der Waals surface area (Å²) in [5, 5.41) is 11.0. The first-order valence-electron chi connectivity index (χ1n) is 10.2. The quantitative estimate of drug-likeness (QED) is 0.555. The largest absolute Gasteiger partial charge is 0.465 e. The van der Waals surface area contributed by atoms with Crippen molar-refractivity contribution in [3.05, 3.63) is 35.9 Å². The van der Waals surface area contributed by atoms with Gasteiger partial charge in [0.05, 0.1) is 24.7 Å². The number of hydrogen-bond donors (Lipinski definition) is 1. The Morgan fingerprint density at radius 2 is 1.55 bits per heavy atom. The molecular formula is C23H32O6. The molecule has 1 saturated carbocycles. The highest BCUT2D eigenvalue weighted by Gasteiger charge is 2.57. The molecule has 160 valence electrons. The lowest BCUT2D eigenvalue weighted by Gasteiger charge is -2.43. The van der Waals surface area contributed by atoms with Gasteiger partial charge in [0.1, 0.15) is 5.92 Å². The van der Waals surface area contributed by atoms with Crippen LogP contribution in [-0.2, 0) is 23.9 Å². The van der Waals surface area contributed by atoms with Crippen LogP contribution in [0, 0.1) is 23.7 Å². The van der Waals surface area contributed by atoms with Crippen molar-refractivity contribution in [3.63, 3.8) is 0 Å². The number of benzene rings is 1. The van der Waals surface area contributed by atoms with E-state index in [1.165, 1.54) is 6.92 Å². The van der Waals surface area contributed by atoms with Crippen molar-refractivity contribution >= 4 is 17.7 Å². The molecule has 0 spiro atoms. The molecule has 29 heavy (non-hydrogen) atoms. The van der Waals surface area contributed by atoms with Crippen LogP contribution in [0.4, 0.5) is 0 Å². The molecule has 0 aliphatic heterocycles. The minimum absolute atomic E-state index is 0.114. The molecule has 6 nitrogen and oxygen atoms in total. The number of hydrogen-bond acceptors (Lipinski definition) is 6. The molecular weight excluding hydrogens is 372 g/mol. The van der Waals surface area contributed by atoms with E-state index in [-0.39, 0.29) is 31.5 Å². The lowest BCUT2D eigenvalue weighted by Crippen LogP contribution is -2.55. The van der Waals surface area contributed by atoms with E-state index >= 15 is 0 Å². The highest BCUT2D eigenvalue weighted by Crippen LogP contribution is 2.46. The highest BCUT2D eigenvalue weighted by molar-refractivity contribution is 6.02. The van der Waals surface area contributed by atoms with Crippen LogP contribution in [0.15, 0.2) is 30.3 Å². The minimum Gasteiger partial charge on any atom is -0.465 e. The van der Waals surface area contributed by atoms with Crippen LogP contribution in [0.25, 0.3) is 0 Å². The number of Topliss-reactive ketones (excluding diaryl/α,β-unsaturated/α-hetero) is 1. The van der Waals surface area contributed by atoms with E-state index in [9.17, 15) is 19.5 Å². The molecule has 1 aromatic rings. The fourth-order valence-corrected chi connectivity index (χ4v) is 3.77. The van der Waals surface area contributed by atoms with Gasteiger partial charge in [-0.2, -0.15) is 0 Å². The molecule has 1 aliphatic carbocycles. The van der Waals surface area contributed by atoms with Crippen molar-refractivity contribution in [2.45, 2.75) is 52.6 Å². The first-order chi connectivity index (χ1) is 13.5. The summed E-state index contributed by atoms with van der Waals surface area (Å²) in [6.07, 6.45) is -0.306. The summed E-state index contributed by atoms with van der Waals surface area (Å²) in [6, 6.07) is 8.87. The number of ketones is 1. The van der Waals surface area contributed by atoms with Crippen LogP contribution < -0.4 is 0 Å². The highest BCUT2D eigenvalue weighted by atomic mass is 16.5. The van der Waals surface area contributed by atoms with Gasteiger partial charge in [0.2, 0.25) is 0 Å². The van der Waals surface area contributed by atoms with Gasteiger partial charge in [-0.1, -0.05) is 58.0 Å². The average molecular weight is 405 g/mol. The monoisotopic (exact) mass is 404 g/mol. The summed E-state index contributed by atoms with van der Waals surface area (Å²) < 4.78 is 10.8. The topological polar surface area (TPSA) is 89.9 Å². The Labute approximate surface area is 172 Å². The lowest BCUT2D eigenvalue weighted by molar-refractivity contribution is -0.173. The van der Waals surface area contributed by atoms with Gasteiger partial charge in [-0.15, -0.1) is 0 Å². The van der Waals surface area contributed by atoms with Crippen LogP contribution in [-0.4, -0.2) is 41.6 Å². The molecule has 2 rings (SSSR count). The van der Waals surface area contributed by atoms with Crippen LogP contribution in [0.2, 0.25) is 0 Å². The Kier molecular flexibility index (Phi) is 7.58. The summed E-state index contributed by atoms with van der Waals surface area (Å²) in [6.45, 7) is 9.47. The Morgan fingerprint density at radius 3 is 2.07 bits per heavy atom. The first-order valence-corrected chi connectivity index (χ1v) is 10.2. The lowest BCUT2D eigenvalue weighted by atomic mass is 9.62. The Balaban J connectivity index is 2.47. The van der Waals surface area contributed by atoms with E-state index in [0.29, 0.717) is 5.56 Å². The minimum atomic E-state index is -1.62. The maximum Gasteiger partial charge on any atom is 0.317 e. The van der Waals surface area contributed by atoms with Crippen molar-refractivity contribution in [1.82, 2.24) is 0 Å². The Hall–Kier alpha value is -2.21. The molecule has 0 saturated heterocycles. The maximum absolute atomic E-state index is 13.0. The fourth-order valence-electron chi connectivity index (χ4n) is 3.77. The van der Waals surface area contributed by atoms with Crippen LogP contribution >= 0.6 is 0 Å². The zero-order chi connectivity index (χ0) is 21.8. The van der Waals surface area contributed by atoms with E-state index in [4.69, 9.17) is 9.47 Å². The number of ether oxygens (including phenoxy) is 2. The first kappa shape index (κ1) is 23.1. The van der Waals surface area contributed by atoms with Crippen LogP contribution in [0.3, 0.4) is 0 Å². The number of aliphatic hydroxyl groups is 1. The van der Waals surface area contributed by atoms with E-state index in [1.54, 1.807) is 24.3 Å². The van der Waals surface area contributed by atoms with Crippen molar-refractivity contribution < 1.29 is 29.0 Å². The second-order valence-electron chi connectivity index (χ2n) is 8.94. The molecule has 0 radical (unpaired) electrons. The van der Waals surface area contributed by atoms with Gasteiger partial charge in [-0.3, -0.25) is 14.4 Å². The van der Waals surface area contributed by atoms with Gasteiger partial charge in [0.15, 0.2) is 5.78 Å². The molecule has 1 N–H and O–H groups in total. The summed E-state index contributed by atoms with van der Waals surface area (Å²) in [5.74, 6) is -4.52. The second kappa shape index (κ2) is 9.53. The van der Waals surface area contributed by atoms with E-state index < -0.39 is 41.1 Å². The van der Waals surface area contributed by atoms with Crippen molar-refractivity contribution in [2.24, 2.45) is 23.7 Å². The molecule has 0 heterocycles. The predicted molar refractivity (Wildman–Crippen MR) is 108 cm³/mol. The molecule has 0 aromatic heterocycles. The van der Waals surface area contributed by atoms with E-state index in [0.717, 1.165) is 0 Å². The Bertz CT molecular complexity index is 722. The van der Waals surface area contributed by atoms with E-state index in [1.807, 2.05) is 33.8 Å². The number of rotatable bonds is 7. The number of carbonyl (C=O) groups excluding carboxylic acids is 3. The van der Waals surface area contributed by atoms with Gasteiger partial charge in [-0.25, -0.2) is 0 Å². The fraction of sp³-hybridized carbons (Fsp3) is 0.609. The Morgan fingerprint density at radius 1 is 1.03 bits per heavy atom. The van der Waals surface area contributed by atoms with Gasteiger partial charge in [-0.05, 0) is 24.3 Å². The molecule has 0 amide bonds. The van der Waals surface area contributed by atoms with Gasteiger partial charge >= 0.3 is 11.9 Å². The molecule has 1 aromatic carbocycles. The van der Waals surface area contributed by atoms with Gasteiger partial charge < -0.3 is 14.6 Å². The smallest absolute Gasteiger partial charge is 0.317 e. The summed E-state index contributed by atoms with van der Waals surface area (Å²) >= 11 is 0. The number of esters is 2. The SMILES string of the molecule is CC(C)COC(=O)[C@H]1C(=O)C[C@](C)(O)[C@@H](C(=O)OCC(C)C)[C@H]1c1ccccc1. The standard InChI is InChI=1S/C23H32O6/c1-14(2)12-28-21(25)19-17(24)11-23(5,27)20(22(26)29-13-15(3)4)18(19)16-9-7-6-8-10-16/h6-10,14-15,18-20,27H,11-13H2,1-5H3/t18-,19-,20+,23-/m0/s1. The summed E-state index contributed by atoms with van der Waals surface area (Å²) in [4.78, 5) is 38.8. The third kappa shape index (κ3) is 5.66. The van der Waals surface area contributed by atoms with Gasteiger partial charge in [0.25, 0.3) is 0 Å². The van der Waals surface area contributed by atoms with Crippen LogP contribution in [0.1, 0.15) is 52.5 Å². The van der Waals surface area contributed by atoms with Crippen LogP contribution in [0.5, 0.6) is 0 Å². The summed E-state index contributed by atoms with van der Waals surface area (Å²) in [7, 11) is 0. The molecule has 1 aliphatic rings. The molecule has 4 atom stereocenters.